The van der Waals surface area contributed by atoms with Gasteiger partial charge in [0, 0.05) is 5.69 Å². The maximum absolute atomic E-state index is 12.8. The topological polar surface area (TPSA) is 38.3 Å². The molecule has 0 heterocycles. The molecule has 0 spiro atoms. The number of benzene rings is 3. The lowest BCUT2D eigenvalue weighted by Crippen LogP contribution is -2.16. The summed E-state index contributed by atoms with van der Waals surface area (Å²) < 4.78 is 18.0. The monoisotopic (exact) mass is 281 g/mol. The number of carbonyl (C=O) groups excluding carboxylic acids is 1. The van der Waals surface area contributed by atoms with Crippen molar-refractivity contribution in [1.29, 1.82) is 0 Å². The van der Waals surface area contributed by atoms with Crippen molar-refractivity contribution in [2.45, 2.75) is 0 Å². The van der Waals surface area contributed by atoms with Gasteiger partial charge in [0.25, 0.3) is 0 Å². The summed E-state index contributed by atoms with van der Waals surface area (Å²) in [5.41, 5.74) is 0.474. The first kappa shape index (κ1) is 13.1. The van der Waals surface area contributed by atoms with Gasteiger partial charge in [-0.1, -0.05) is 30.3 Å². The molecule has 3 rings (SSSR count). The van der Waals surface area contributed by atoms with Crippen LogP contribution in [-0.4, -0.2) is 6.09 Å². The van der Waals surface area contributed by atoms with E-state index >= 15 is 0 Å². The van der Waals surface area contributed by atoms with Crippen molar-refractivity contribution in [3.63, 3.8) is 0 Å². The minimum atomic E-state index is -0.614. The third kappa shape index (κ3) is 3.17. The van der Waals surface area contributed by atoms with Gasteiger partial charge in [0.1, 0.15) is 11.6 Å². The normalized spacial score (nSPS) is 10.3. The van der Waals surface area contributed by atoms with Crippen LogP contribution in [0.2, 0.25) is 0 Å². The van der Waals surface area contributed by atoms with Gasteiger partial charge in [0.2, 0.25) is 0 Å². The van der Waals surface area contributed by atoms with E-state index in [1.54, 1.807) is 12.1 Å². The number of hydrogen-bond donors (Lipinski definition) is 1. The van der Waals surface area contributed by atoms with E-state index in [1.807, 2.05) is 30.3 Å². The van der Waals surface area contributed by atoms with Gasteiger partial charge in [-0.25, -0.2) is 9.18 Å². The van der Waals surface area contributed by atoms with Crippen LogP contribution in [0.1, 0.15) is 0 Å². The Morgan fingerprint density at radius 3 is 2.38 bits per heavy atom. The number of halogens is 1. The van der Waals surface area contributed by atoms with Gasteiger partial charge in [-0.2, -0.15) is 0 Å². The lowest BCUT2D eigenvalue weighted by molar-refractivity contribution is 0.215. The molecule has 0 saturated carbocycles. The second kappa shape index (κ2) is 5.63. The molecule has 0 aliphatic carbocycles. The van der Waals surface area contributed by atoms with Gasteiger partial charge in [-0.05, 0) is 47.2 Å². The Balaban J connectivity index is 1.72. The van der Waals surface area contributed by atoms with Gasteiger partial charge in [-0.15, -0.1) is 0 Å². The Morgan fingerprint density at radius 2 is 1.62 bits per heavy atom. The van der Waals surface area contributed by atoms with E-state index in [2.05, 4.69) is 5.32 Å². The molecule has 1 amide bonds. The highest BCUT2D eigenvalue weighted by atomic mass is 19.1. The van der Waals surface area contributed by atoms with Crippen LogP contribution in [0.3, 0.4) is 0 Å². The summed E-state index contributed by atoms with van der Waals surface area (Å²) in [6.07, 6.45) is -0.614. The van der Waals surface area contributed by atoms with Crippen molar-refractivity contribution < 1.29 is 13.9 Å². The summed E-state index contributed by atoms with van der Waals surface area (Å²) in [4.78, 5) is 11.8. The SMILES string of the molecule is O=C(Nc1ccc(F)cc1)Oc1ccc2ccccc2c1. The molecule has 4 heteroatoms. The van der Waals surface area contributed by atoms with Crippen LogP contribution in [0.25, 0.3) is 10.8 Å². The molecule has 0 atom stereocenters. The number of nitrogens with one attached hydrogen (secondary N) is 1. The molecule has 21 heavy (non-hydrogen) atoms. The fourth-order valence-electron chi connectivity index (χ4n) is 2.01. The smallest absolute Gasteiger partial charge is 0.410 e. The largest absolute Gasteiger partial charge is 0.417 e. The number of hydrogen-bond acceptors (Lipinski definition) is 2. The van der Waals surface area contributed by atoms with Crippen LogP contribution >= 0.6 is 0 Å². The number of amides is 1. The Bertz CT molecular complexity index is 784. The highest BCUT2D eigenvalue weighted by Crippen LogP contribution is 2.21. The molecular formula is C17H12FNO2. The van der Waals surface area contributed by atoms with Crippen molar-refractivity contribution >= 4 is 22.6 Å². The predicted molar refractivity (Wildman–Crippen MR) is 80.0 cm³/mol. The van der Waals surface area contributed by atoms with Gasteiger partial charge in [0.05, 0.1) is 0 Å². The zero-order chi connectivity index (χ0) is 14.7. The molecule has 104 valence electrons. The predicted octanol–water partition coefficient (Wildman–Crippen LogP) is 4.59. The van der Waals surface area contributed by atoms with E-state index < -0.39 is 6.09 Å². The minimum Gasteiger partial charge on any atom is -0.410 e. The van der Waals surface area contributed by atoms with E-state index in [1.165, 1.54) is 24.3 Å². The third-order valence-electron chi connectivity index (χ3n) is 3.02. The van der Waals surface area contributed by atoms with E-state index in [0.717, 1.165) is 10.8 Å². The lowest BCUT2D eigenvalue weighted by Gasteiger charge is -2.07. The molecule has 0 saturated heterocycles. The summed E-state index contributed by atoms with van der Waals surface area (Å²) in [6.45, 7) is 0. The molecule has 0 aliphatic rings. The quantitative estimate of drug-likeness (QED) is 0.746. The van der Waals surface area contributed by atoms with Crippen LogP contribution in [0.4, 0.5) is 14.9 Å². The number of anilines is 1. The second-order valence-corrected chi connectivity index (χ2v) is 4.53. The van der Waals surface area contributed by atoms with Crippen LogP contribution in [0.15, 0.2) is 66.7 Å². The molecular weight excluding hydrogens is 269 g/mol. The van der Waals surface area contributed by atoms with Crippen molar-refractivity contribution in [3.8, 4) is 5.75 Å². The van der Waals surface area contributed by atoms with Crippen LogP contribution < -0.4 is 10.1 Å². The Kier molecular flexibility index (Phi) is 3.51. The summed E-state index contributed by atoms with van der Waals surface area (Å²) in [5.74, 6) is 0.0942. The second-order valence-electron chi connectivity index (χ2n) is 4.53. The Labute approximate surface area is 121 Å². The first-order valence-corrected chi connectivity index (χ1v) is 6.44. The van der Waals surface area contributed by atoms with Crippen LogP contribution in [0.5, 0.6) is 5.75 Å². The highest BCUT2D eigenvalue weighted by Gasteiger charge is 2.06. The number of rotatable bonds is 2. The standard InChI is InChI=1S/C17H12FNO2/c18-14-6-8-15(9-7-14)19-17(20)21-16-10-5-12-3-1-2-4-13(12)11-16/h1-11H,(H,19,20). The molecule has 0 aliphatic heterocycles. The number of ether oxygens (including phenoxy) is 1. The average molecular weight is 281 g/mol. The first-order valence-electron chi connectivity index (χ1n) is 6.44. The van der Waals surface area contributed by atoms with Crippen LogP contribution in [0, 0.1) is 5.82 Å². The lowest BCUT2D eigenvalue weighted by atomic mass is 10.1. The zero-order valence-electron chi connectivity index (χ0n) is 11.0. The molecule has 3 nitrogen and oxygen atoms in total. The summed E-state index contributed by atoms with van der Waals surface area (Å²) >= 11 is 0. The minimum absolute atomic E-state index is 0.358. The Hall–Kier alpha value is -2.88. The zero-order valence-corrected chi connectivity index (χ0v) is 11.0. The summed E-state index contributed by atoms with van der Waals surface area (Å²) in [7, 11) is 0. The van der Waals surface area contributed by atoms with Crippen molar-refractivity contribution in [1.82, 2.24) is 0 Å². The van der Waals surface area contributed by atoms with E-state index in [4.69, 9.17) is 4.74 Å². The molecule has 3 aromatic rings. The molecule has 3 aromatic carbocycles. The molecule has 0 aromatic heterocycles. The first-order chi connectivity index (χ1) is 10.2. The molecule has 0 unspecified atom stereocenters. The van der Waals surface area contributed by atoms with Crippen molar-refractivity contribution in [2.75, 3.05) is 5.32 Å². The fraction of sp³-hybridized carbons (Fsp3) is 0. The highest BCUT2D eigenvalue weighted by molar-refractivity contribution is 5.88. The van der Waals surface area contributed by atoms with E-state index in [0.29, 0.717) is 11.4 Å². The fourth-order valence-corrected chi connectivity index (χ4v) is 2.01. The Morgan fingerprint density at radius 1 is 0.905 bits per heavy atom. The average Bonchev–Trinajstić information content (AvgIpc) is 2.49. The van der Waals surface area contributed by atoms with Crippen LogP contribution in [-0.2, 0) is 0 Å². The summed E-state index contributed by atoms with van der Waals surface area (Å²) in [5, 5.41) is 4.60. The van der Waals surface area contributed by atoms with Gasteiger partial charge < -0.3 is 4.74 Å². The van der Waals surface area contributed by atoms with E-state index in [-0.39, 0.29) is 5.82 Å². The van der Waals surface area contributed by atoms with Crippen molar-refractivity contribution in [2.24, 2.45) is 0 Å². The summed E-state index contributed by atoms with van der Waals surface area (Å²) in [6, 6.07) is 18.7. The number of fused-ring (bicyclic) bond motifs is 1. The van der Waals surface area contributed by atoms with Gasteiger partial charge in [0.15, 0.2) is 0 Å². The maximum atomic E-state index is 12.8. The van der Waals surface area contributed by atoms with Crippen molar-refractivity contribution in [3.05, 3.63) is 72.5 Å². The van der Waals surface area contributed by atoms with E-state index in [9.17, 15) is 9.18 Å². The number of carbonyl (C=O) groups is 1. The van der Waals surface area contributed by atoms with Gasteiger partial charge >= 0.3 is 6.09 Å². The maximum Gasteiger partial charge on any atom is 0.417 e. The molecule has 0 radical (unpaired) electrons. The third-order valence-corrected chi connectivity index (χ3v) is 3.02. The molecule has 0 fully saturated rings. The van der Waals surface area contributed by atoms with Gasteiger partial charge in [-0.3, -0.25) is 5.32 Å². The molecule has 1 N–H and O–H groups in total. The molecule has 0 bridgehead atoms.